The Morgan fingerprint density at radius 3 is 1.58 bits per heavy atom. The van der Waals surface area contributed by atoms with Crippen molar-refractivity contribution in [1.82, 2.24) is 0 Å². The molecule has 0 atom stereocenters. The standard InChI is InChI=1S/C46H29NO/c1-2-8-30(9-3-1)31-18-20-36(21-19-31)47(37-22-24-40-33(26-37)15-14-32-10-4-5-11-39(32)40)38-23-25-41-34(27-38)16-17-35-28-46-44(29-43(35)41)42-12-6-7-13-45(42)48-46/h1-29H. The van der Waals surface area contributed by atoms with Crippen molar-refractivity contribution in [1.29, 1.82) is 0 Å². The molecule has 10 rings (SSSR count). The molecular weight excluding hydrogens is 583 g/mol. The van der Waals surface area contributed by atoms with Crippen LogP contribution in [0.15, 0.2) is 180 Å². The van der Waals surface area contributed by atoms with Crippen LogP contribution in [0, 0.1) is 0 Å². The van der Waals surface area contributed by atoms with Crippen molar-refractivity contribution in [3.05, 3.63) is 176 Å². The number of nitrogens with zero attached hydrogens (tertiary/aromatic N) is 1. The second-order valence-corrected chi connectivity index (χ2v) is 12.6. The average molecular weight is 612 g/mol. The molecule has 0 fully saturated rings. The first-order valence-electron chi connectivity index (χ1n) is 16.4. The number of anilines is 3. The fraction of sp³-hybridized carbons (Fsp3) is 0. The monoisotopic (exact) mass is 611 g/mol. The number of rotatable bonds is 4. The third-order valence-electron chi connectivity index (χ3n) is 9.79. The van der Waals surface area contributed by atoms with Crippen molar-refractivity contribution in [2.45, 2.75) is 0 Å². The van der Waals surface area contributed by atoms with E-state index in [0.717, 1.165) is 39.0 Å². The van der Waals surface area contributed by atoms with Crippen molar-refractivity contribution in [3.63, 3.8) is 0 Å². The van der Waals surface area contributed by atoms with E-state index >= 15 is 0 Å². The maximum Gasteiger partial charge on any atom is 0.136 e. The van der Waals surface area contributed by atoms with Crippen LogP contribution in [0.1, 0.15) is 0 Å². The molecule has 0 bridgehead atoms. The zero-order chi connectivity index (χ0) is 31.6. The first-order chi connectivity index (χ1) is 23.8. The molecule has 1 heterocycles. The molecule has 2 nitrogen and oxygen atoms in total. The summed E-state index contributed by atoms with van der Waals surface area (Å²) in [5.41, 5.74) is 7.61. The van der Waals surface area contributed by atoms with Crippen LogP contribution in [0.5, 0.6) is 0 Å². The zero-order valence-electron chi connectivity index (χ0n) is 26.1. The van der Waals surface area contributed by atoms with Gasteiger partial charge >= 0.3 is 0 Å². The van der Waals surface area contributed by atoms with Crippen LogP contribution in [0.3, 0.4) is 0 Å². The van der Waals surface area contributed by atoms with E-state index in [1.807, 2.05) is 12.1 Å². The van der Waals surface area contributed by atoms with Gasteiger partial charge in [-0.2, -0.15) is 0 Å². The SMILES string of the molecule is c1ccc(-c2ccc(N(c3ccc4c(ccc5ccccc54)c3)c3ccc4c(ccc5cc6oc7ccccc7c6cc54)c3)cc2)cc1. The largest absolute Gasteiger partial charge is 0.456 e. The first-order valence-corrected chi connectivity index (χ1v) is 16.4. The number of benzene rings is 9. The van der Waals surface area contributed by atoms with Gasteiger partial charge in [0, 0.05) is 27.8 Å². The number of para-hydroxylation sites is 1. The highest BCUT2D eigenvalue weighted by Crippen LogP contribution is 2.41. The third kappa shape index (κ3) is 4.27. The van der Waals surface area contributed by atoms with Crippen LogP contribution in [0.25, 0.3) is 76.2 Å². The average Bonchev–Trinajstić information content (AvgIpc) is 3.52. The van der Waals surface area contributed by atoms with Gasteiger partial charge in [0.25, 0.3) is 0 Å². The van der Waals surface area contributed by atoms with Crippen LogP contribution in [-0.4, -0.2) is 0 Å². The van der Waals surface area contributed by atoms with Gasteiger partial charge in [-0.25, -0.2) is 0 Å². The lowest BCUT2D eigenvalue weighted by Crippen LogP contribution is -2.10. The topological polar surface area (TPSA) is 16.4 Å². The van der Waals surface area contributed by atoms with Gasteiger partial charge in [-0.15, -0.1) is 0 Å². The lowest BCUT2D eigenvalue weighted by atomic mass is 9.98. The molecule has 9 aromatic carbocycles. The van der Waals surface area contributed by atoms with Crippen LogP contribution < -0.4 is 4.90 Å². The lowest BCUT2D eigenvalue weighted by Gasteiger charge is -2.26. The fourth-order valence-corrected chi connectivity index (χ4v) is 7.43. The molecule has 1 aromatic heterocycles. The minimum absolute atomic E-state index is 0.923. The van der Waals surface area contributed by atoms with Gasteiger partial charge in [-0.3, -0.25) is 0 Å². The van der Waals surface area contributed by atoms with Crippen LogP contribution in [0.2, 0.25) is 0 Å². The van der Waals surface area contributed by atoms with Crippen LogP contribution in [0.4, 0.5) is 17.1 Å². The summed E-state index contributed by atoms with van der Waals surface area (Å²) in [6.07, 6.45) is 0. The van der Waals surface area contributed by atoms with Crippen molar-refractivity contribution in [2.24, 2.45) is 0 Å². The summed E-state index contributed by atoms with van der Waals surface area (Å²) in [5, 5.41) is 12.2. The Morgan fingerprint density at radius 2 is 0.833 bits per heavy atom. The summed E-state index contributed by atoms with van der Waals surface area (Å²) in [4.78, 5) is 2.37. The van der Waals surface area contributed by atoms with Gasteiger partial charge < -0.3 is 9.32 Å². The van der Waals surface area contributed by atoms with Gasteiger partial charge in [0.05, 0.1) is 0 Å². The maximum absolute atomic E-state index is 6.21. The molecule has 10 aromatic rings. The third-order valence-corrected chi connectivity index (χ3v) is 9.79. The Bertz CT molecular complexity index is 2830. The van der Waals surface area contributed by atoms with E-state index in [0.29, 0.717) is 0 Å². The normalized spacial score (nSPS) is 11.8. The predicted molar refractivity (Wildman–Crippen MR) is 204 cm³/mol. The minimum atomic E-state index is 0.923. The summed E-state index contributed by atoms with van der Waals surface area (Å²) in [6, 6.07) is 63.5. The Kier molecular flexibility index (Phi) is 5.91. The van der Waals surface area contributed by atoms with Gasteiger partial charge in [0.1, 0.15) is 11.2 Å². The summed E-state index contributed by atoms with van der Waals surface area (Å²) in [5.74, 6) is 0. The van der Waals surface area contributed by atoms with E-state index < -0.39 is 0 Å². The minimum Gasteiger partial charge on any atom is -0.456 e. The molecule has 0 aliphatic carbocycles. The molecule has 2 heteroatoms. The highest BCUT2D eigenvalue weighted by Gasteiger charge is 2.16. The molecule has 0 radical (unpaired) electrons. The smallest absolute Gasteiger partial charge is 0.136 e. The lowest BCUT2D eigenvalue weighted by molar-refractivity contribution is 0.669. The van der Waals surface area contributed by atoms with Crippen molar-refractivity contribution < 1.29 is 4.42 Å². The molecule has 0 saturated carbocycles. The molecule has 224 valence electrons. The quantitative estimate of drug-likeness (QED) is 0.184. The zero-order valence-corrected chi connectivity index (χ0v) is 26.1. The van der Waals surface area contributed by atoms with Crippen molar-refractivity contribution in [2.75, 3.05) is 4.90 Å². The summed E-state index contributed by atoms with van der Waals surface area (Å²) >= 11 is 0. The van der Waals surface area contributed by atoms with Gasteiger partial charge in [0.15, 0.2) is 0 Å². The molecule has 0 unspecified atom stereocenters. The van der Waals surface area contributed by atoms with E-state index in [2.05, 4.69) is 169 Å². The molecule has 0 amide bonds. The van der Waals surface area contributed by atoms with Crippen LogP contribution >= 0.6 is 0 Å². The van der Waals surface area contributed by atoms with E-state index in [1.54, 1.807) is 0 Å². The number of fused-ring (bicyclic) bond motifs is 9. The number of hydrogen-bond acceptors (Lipinski definition) is 2. The number of furan rings is 1. The molecule has 48 heavy (non-hydrogen) atoms. The Labute approximate surface area is 277 Å². The summed E-state index contributed by atoms with van der Waals surface area (Å²) in [7, 11) is 0. The molecular formula is C46H29NO. The Balaban J connectivity index is 1.15. The second kappa shape index (κ2) is 10.6. The second-order valence-electron chi connectivity index (χ2n) is 12.6. The van der Waals surface area contributed by atoms with E-state index in [-0.39, 0.29) is 0 Å². The van der Waals surface area contributed by atoms with E-state index in [1.165, 1.54) is 54.2 Å². The molecule has 0 spiro atoms. The molecule has 0 aliphatic heterocycles. The number of hydrogen-bond donors (Lipinski definition) is 0. The highest BCUT2D eigenvalue weighted by atomic mass is 16.3. The van der Waals surface area contributed by atoms with Gasteiger partial charge in [-0.05, 0) is 109 Å². The Hall–Kier alpha value is -6.38. The van der Waals surface area contributed by atoms with Crippen molar-refractivity contribution in [3.8, 4) is 11.1 Å². The van der Waals surface area contributed by atoms with Gasteiger partial charge in [-0.1, -0.05) is 121 Å². The van der Waals surface area contributed by atoms with E-state index in [9.17, 15) is 0 Å². The fourth-order valence-electron chi connectivity index (χ4n) is 7.43. The highest BCUT2D eigenvalue weighted by molar-refractivity contribution is 6.17. The molecule has 0 saturated heterocycles. The molecule has 0 N–H and O–H groups in total. The Morgan fingerprint density at radius 1 is 0.292 bits per heavy atom. The van der Waals surface area contributed by atoms with Crippen molar-refractivity contribution >= 4 is 82.1 Å². The van der Waals surface area contributed by atoms with E-state index in [4.69, 9.17) is 4.42 Å². The first kappa shape index (κ1) is 26.8. The maximum atomic E-state index is 6.21. The predicted octanol–water partition coefficient (Wildman–Crippen LogP) is 13.3. The summed E-state index contributed by atoms with van der Waals surface area (Å²) in [6.45, 7) is 0. The molecule has 0 aliphatic rings. The van der Waals surface area contributed by atoms with Gasteiger partial charge in [0.2, 0.25) is 0 Å². The van der Waals surface area contributed by atoms with Crippen LogP contribution in [-0.2, 0) is 0 Å². The summed E-state index contributed by atoms with van der Waals surface area (Å²) < 4.78 is 6.21.